The van der Waals surface area contributed by atoms with Crippen molar-refractivity contribution in [2.24, 2.45) is 5.73 Å². The molecule has 100 valence electrons. The van der Waals surface area contributed by atoms with Crippen LogP contribution in [0.5, 0.6) is 0 Å². The molecule has 1 saturated heterocycles. The molecule has 0 bridgehead atoms. The molecule has 3 heteroatoms. The Labute approximate surface area is 110 Å². The van der Waals surface area contributed by atoms with Crippen molar-refractivity contribution in [3.05, 3.63) is 35.9 Å². The molecule has 0 amide bonds. The lowest BCUT2D eigenvalue weighted by molar-refractivity contribution is 0.0414. The molecule has 3 nitrogen and oxygen atoms in total. The number of methoxy groups -OCH3 is 1. The summed E-state index contributed by atoms with van der Waals surface area (Å²) in [5.41, 5.74) is 7.35. The van der Waals surface area contributed by atoms with E-state index >= 15 is 0 Å². The molecule has 0 aromatic heterocycles. The molecular weight excluding hydrogens is 224 g/mol. The summed E-state index contributed by atoms with van der Waals surface area (Å²) in [5.74, 6) is 0.633. The number of likely N-dealkylation sites (tertiary alicyclic amines) is 1. The number of hydrogen-bond donors (Lipinski definition) is 1. The summed E-state index contributed by atoms with van der Waals surface area (Å²) in [6, 6.07) is 10.8. The Bertz CT molecular complexity index is 368. The summed E-state index contributed by atoms with van der Waals surface area (Å²) in [5, 5.41) is 0. The highest BCUT2D eigenvalue weighted by Crippen LogP contribution is 2.31. The Balaban J connectivity index is 2.04. The third-order valence-electron chi connectivity index (χ3n) is 4.12. The first-order chi connectivity index (χ1) is 8.69. The monoisotopic (exact) mass is 248 g/mol. The summed E-state index contributed by atoms with van der Waals surface area (Å²) in [6.45, 7) is 5.73. The van der Waals surface area contributed by atoms with E-state index in [1.54, 1.807) is 7.11 Å². The van der Waals surface area contributed by atoms with Crippen LogP contribution in [0.4, 0.5) is 0 Å². The summed E-state index contributed by atoms with van der Waals surface area (Å²) in [4.78, 5) is 2.48. The van der Waals surface area contributed by atoms with Gasteiger partial charge in [0, 0.05) is 20.2 Å². The highest BCUT2D eigenvalue weighted by Gasteiger charge is 2.36. The van der Waals surface area contributed by atoms with E-state index in [2.05, 4.69) is 42.2 Å². The number of nitrogens with two attached hydrogens (primary N) is 1. The zero-order valence-corrected chi connectivity index (χ0v) is 11.4. The normalized spacial score (nSPS) is 24.1. The quantitative estimate of drug-likeness (QED) is 0.864. The molecule has 2 rings (SSSR count). The lowest BCUT2D eigenvalue weighted by Crippen LogP contribution is -2.53. The Morgan fingerprint density at radius 3 is 2.72 bits per heavy atom. The van der Waals surface area contributed by atoms with Gasteiger partial charge in [-0.3, -0.25) is 4.90 Å². The lowest BCUT2D eigenvalue weighted by atomic mass is 9.98. The Hall–Kier alpha value is -0.900. The number of benzene rings is 1. The molecule has 1 aliphatic heterocycles. The van der Waals surface area contributed by atoms with Crippen molar-refractivity contribution in [3.8, 4) is 0 Å². The number of rotatable bonds is 5. The second-order valence-corrected chi connectivity index (χ2v) is 5.48. The Kier molecular flexibility index (Phi) is 4.38. The van der Waals surface area contributed by atoms with E-state index in [4.69, 9.17) is 10.5 Å². The molecule has 0 aliphatic carbocycles. The second-order valence-electron chi connectivity index (χ2n) is 5.48. The van der Waals surface area contributed by atoms with E-state index in [0.717, 1.165) is 13.1 Å². The molecule has 0 spiro atoms. The fourth-order valence-corrected chi connectivity index (χ4v) is 2.84. The van der Waals surface area contributed by atoms with Crippen LogP contribution in [0.3, 0.4) is 0 Å². The van der Waals surface area contributed by atoms with Gasteiger partial charge in [0.1, 0.15) is 0 Å². The molecule has 2 atom stereocenters. The van der Waals surface area contributed by atoms with Crippen LogP contribution in [-0.2, 0) is 4.74 Å². The van der Waals surface area contributed by atoms with Gasteiger partial charge in [0.05, 0.1) is 12.1 Å². The van der Waals surface area contributed by atoms with Crippen LogP contribution in [0.2, 0.25) is 0 Å². The maximum absolute atomic E-state index is 5.94. The van der Waals surface area contributed by atoms with E-state index in [1.807, 2.05) is 0 Å². The number of hydrogen-bond acceptors (Lipinski definition) is 3. The lowest BCUT2D eigenvalue weighted by Gasteiger charge is -2.37. The zero-order chi connectivity index (χ0) is 13.0. The average Bonchev–Trinajstić information content (AvgIpc) is 2.90. The molecule has 1 heterocycles. The number of nitrogens with zero attached hydrogens (tertiary/aromatic N) is 1. The third kappa shape index (κ3) is 2.74. The standard InChI is InChI=1S/C15H24N2O/c1-15(11-16,12-18-2)17-9-8-14(10-17)13-6-4-3-5-7-13/h3-7,14H,8-12,16H2,1-2H3. The molecule has 0 saturated carbocycles. The van der Waals surface area contributed by atoms with Crippen molar-refractivity contribution in [3.63, 3.8) is 0 Å². The van der Waals surface area contributed by atoms with Crippen molar-refractivity contribution < 1.29 is 4.74 Å². The molecule has 1 aromatic rings. The van der Waals surface area contributed by atoms with Gasteiger partial charge in [-0.25, -0.2) is 0 Å². The van der Waals surface area contributed by atoms with Crippen molar-refractivity contribution >= 4 is 0 Å². The molecule has 1 aromatic carbocycles. The maximum Gasteiger partial charge on any atom is 0.0656 e. The van der Waals surface area contributed by atoms with E-state index in [0.29, 0.717) is 19.1 Å². The van der Waals surface area contributed by atoms with Gasteiger partial charge in [-0.1, -0.05) is 30.3 Å². The van der Waals surface area contributed by atoms with E-state index < -0.39 is 0 Å². The molecular formula is C15H24N2O. The van der Waals surface area contributed by atoms with Gasteiger partial charge in [0.25, 0.3) is 0 Å². The highest BCUT2D eigenvalue weighted by atomic mass is 16.5. The average molecular weight is 248 g/mol. The predicted octanol–water partition coefficient (Wildman–Crippen LogP) is 1.84. The highest BCUT2D eigenvalue weighted by molar-refractivity contribution is 5.21. The largest absolute Gasteiger partial charge is 0.383 e. The topological polar surface area (TPSA) is 38.5 Å². The summed E-state index contributed by atoms with van der Waals surface area (Å²) in [7, 11) is 1.75. The molecule has 0 radical (unpaired) electrons. The molecule has 18 heavy (non-hydrogen) atoms. The first kappa shape index (κ1) is 13.5. The number of ether oxygens (including phenoxy) is 1. The third-order valence-corrected chi connectivity index (χ3v) is 4.12. The van der Waals surface area contributed by atoms with Crippen LogP contribution in [0.1, 0.15) is 24.8 Å². The maximum atomic E-state index is 5.94. The van der Waals surface area contributed by atoms with Crippen LogP contribution in [0.25, 0.3) is 0 Å². The van der Waals surface area contributed by atoms with Gasteiger partial charge < -0.3 is 10.5 Å². The Morgan fingerprint density at radius 2 is 2.11 bits per heavy atom. The minimum Gasteiger partial charge on any atom is -0.383 e. The van der Waals surface area contributed by atoms with Gasteiger partial charge in [-0.15, -0.1) is 0 Å². The van der Waals surface area contributed by atoms with Crippen LogP contribution in [-0.4, -0.2) is 43.8 Å². The fourth-order valence-electron chi connectivity index (χ4n) is 2.84. The van der Waals surface area contributed by atoms with E-state index in [9.17, 15) is 0 Å². The fraction of sp³-hybridized carbons (Fsp3) is 0.600. The van der Waals surface area contributed by atoms with Gasteiger partial charge in [0.2, 0.25) is 0 Å². The first-order valence-corrected chi connectivity index (χ1v) is 6.68. The summed E-state index contributed by atoms with van der Waals surface area (Å²) in [6.07, 6.45) is 1.21. The van der Waals surface area contributed by atoms with E-state index in [-0.39, 0.29) is 5.54 Å². The van der Waals surface area contributed by atoms with E-state index in [1.165, 1.54) is 12.0 Å². The first-order valence-electron chi connectivity index (χ1n) is 6.68. The van der Waals surface area contributed by atoms with Gasteiger partial charge >= 0.3 is 0 Å². The minimum atomic E-state index is -0.0295. The molecule has 1 fully saturated rings. The van der Waals surface area contributed by atoms with Crippen LogP contribution in [0.15, 0.2) is 30.3 Å². The van der Waals surface area contributed by atoms with Crippen LogP contribution in [0, 0.1) is 0 Å². The SMILES string of the molecule is COCC(C)(CN)N1CCC(c2ccccc2)C1. The molecule has 1 aliphatic rings. The smallest absolute Gasteiger partial charge is 0.0656 e. The molecule has 2 unspecified atom stereocenters. The van der Waals surface area contributed by atoms with Crippen molar-refractivity contribution in [1.29, 1.82) is 0 Å². The van der Waals surface area contributed by atoms with Crippen LogP contribution < -0.4 is 5.73 Å². The summed E-state index contributed by atoms with van der Waals surface area (Å²) < 4.78 is 5.33. The Morgan fingerprint density at radius 1 is 1.39 bits per heavy atom. The van der Waals surface area contributed by atoms with Gasteiger partial charge in [-0.2, -0.15) is 0 Å². The van der Waals surface area contributed by atoms with Gasteiger partial charge in [-0.05, 0) is 31.4 Å². The van der Waals surface area contributed by atoms with Gasteiger partial charge in [0.15, 0.2) is 0 Å². The summed E-state index contributed by atoms with van der Waals surface area (Å²) >= 11 is 0. The van der Waals surface area contributed by atoms with Crippen molar-refractivity contribution in [1.82, 2.24) is 4.90 Å². The van der Waals surface area contributed by atoms with Crippen molar-refractivity contribution in [2.45, 2.75) is 24.8 Å². The minimum absolute atomic E-state index is 0.0295. The second kappa shape index (κ2) is 5.83. The molecule has 2 N–H and O–H groups in total. The van der Waals surface area contributed by atoms with Crippen molar-refractivity contribution in [2.75, 3.05) is 33.4 Å². The van der Waals surface area contributed by atoms with Crippen LogP contribution >= 0.6 is 0 Å². The predicted molar refractivity (Wildman–Crippen MR) is 74.7 cm³/mol. The zero-order valence-electron chi connectivity index (χ0n) is 11.4.